The van der Waals surface area contributed by atoms with Crippen LogP contribution in [0.2, 0.25) is 0 Å². The van der Waals surface area contributed by atoms with Crippen LogP contribution in [0.25, 0.3) is 0 Å². The summed E-state index contributed by atoms with van der Waals surface area (Å²) in [5, 5.41) is 3.43. The van der Waals surface area contributed by atoms with Gasteiger partial charge in [-0.15, -0.1) is 0 Å². The van der Waals surface area contributed by atoms with E-state index in [9.17, 15) is 8.78 Å². The Morgan fingerprint density at radius 2 is 2.05 bits per heavy atom. The molecule has 2 aliphatic rings. The maximum absolute atomic E-state index is 13.8. The van der Waals surface area contributed by atoms with E-state index in [4.69, 9.17) is 0 Å². The van der Waals surface area contributed by atoms with Crippen molar-refractivity contribution in [2.24, 2.45) is 5.92 Å². The normalized spacial score (nSPS) is 23.2. The lowest BCUT2D eigenvalue weighted by atomic mass is 9.98. The molecule has 1 atom stereocenters. The molecule has 1 saturated heterocycles. The first-order valence-electron chi connectivity index (χ1n) is 7.61. The largest absolute Gasteiger partial charge is 0.316 e. The first kappa shape index (κ1) is 14.0. The van der Waals surface area contributed by atoms with Crippen molar-refractivity contribution in [2.75, 3.05) is 19.6 Å². The third-order valence-electron chi connectivity index (χ3n) is 4.34. The van der Waals surface area contributed by atoms with Crippen LogP contribution in [0.5, 0.6) is 0 Å². The van der Waals surface area contributed by atoms with Gasteiger partial charge in [-0.3, -0.25) is 4.90 Å². The Morgan fingerprint density at radius 1 is 1.20 bits per heavy atom. The fourth-order valence-electron chi connectivity index (χ4n) is 3.06. The van der Waals surface area contributed by atoms with Gasteiger partial charge in [-0.2, -0.15) is 0 Å². The Kier molecular flexibility index (Phi) is 4.32. The number of piperidine rings is 1. The molecule has 110 valence electrons. The van der Waals surface area contributed by atoms with Crippen molar-refractivity contribution in [1.29, 1.82) is 0 Å². The summed E-state index contributed by atoms with van der Waals surface area (Å²) >= 11 is 0. The molecular weight excluding hydrogens is 258 g/mol. The fourth-order valence-corrected chi connectivity index (χ4v) is 3.06. The molecule has 2 fully saturated rings. The van der Waals surface area contributed by atoms with E-state index in [0.717, 1.165) is 25.7 Å². The molecule has 1 saturated carbocycles. The lowest BCUT2D eigenvalue weighted by molar-refractivity contribution is 0.191. The van der Waals surface area contributed by atoms with E-state index < -0.39 is 11.6 Å². The van der Waals surface area contributed by atoms with Crippen LogP contribution in [0.3, 0.4) is 0 Å². The standard InChI is InChI=1S/C16H22F2N2/c17-14-4-3-13(16(18)8-14)11-20(15-5-6-15)10-12-2-1-7-19-9-12/h3-4,8,12,15,19H,1-2,5-7,9-11H2. The fraction of sp³-hybridized carbons (Fsp3) is 0.625. The van der Waals surface area contributed by atoms with Gasteiger partial charge < -0.3 is 5.32 Å². The van der Waals surface area contributed by atoms with E-state index in [1.54, 1.807) is 6.07 Å². The molecule has 4 heteroatoms. The number of hydrogen-bond donors (Lipinski definition) is 1. The molecule has 1 aliphatic carbocycles. The van der Waals surface area contributed by atoms with Gasteiger partial charge in [-0.25, -0.2) is 8.78 Å². The van der Waals surface area contributed by atoms with Gasteiger partial charge >= 0.3 is 0 Å². The summed E-state index contributed by atoms with van der Waals surface area (Å²) in [5.41, 5.74) is 0.613. The summed E-state index contributed by atoms with van der Waals surface area (Å²) in [6, 6.07) is 4.52. The average molecular weight is 280 g/mol. The van der Waals surface area contributed by atoms with E-state index in [1.165, 1.54) is 31.7 Å². The predicted molar refractivity (Wildman–Crippen MR) is 75.4 cm³/mol. The number of rotatable bonds is 5. The second kappa shape index (κ2) is 6.19. The van der Waals surface area contributed by atoms with Gasteiger partial charge in [0.1, 0.15) is 11.6 Å². The summed E-state index contributed by atoms with van der Waals surface area (Å²) in [6.07, 6.45) is 4.90. The monoisotopic (exact) mass is 280 g/mol. The van der Waals surface area contributed by atoms with Gasteiger partial charge in [-0.05, 0) is 50.8 Å². The molecule has 1 aromatic rings. The Bertz CT molecular complexity index is 454. The van der Waals surface area contributed by atoms with Crippen LogP contribution < -0.4 is 5.32 Å². The number of hydrogen-bond acceptors (Lipinski definition) is 2. The zero-order chi connectivity index (χ0) is 13.9. The topological polar surface area (TPSA) is 15.3 Å². The Balaban J connectivity index is 1.64. The van der Waals surface area contributed by atoms with Crippen LogP contribution in [0.4, 0.5) is 8.78 Å². The van der Waals surface area contributed by atoms with Crippen molar-refractivity contribution in [2.45, 2.75) is 38.3 Å². The summed E-state index contributed by atoms with van der Waals surface area (Å²) in [7, 11) is 0. The molecule has 1 heterocycles. The highest BCUT2D eigenvalue weighted by Gasteiger charge is 2.31. The molecule has 1 N–H and O–H groups in total. The molecular formula is C16H22F2N2. The molecule has 3 rings (SSSR count). The third-order valence-corrected chi connectivity index (χ3v) is 4.34. The van der Waals surface area contributed by atoms with Gasteiger partial charge in [0.15, 0.2) is 0 Å². The molecule has 1 aromatic carbocycles. The van der Waals surface area contributed by atoms with Crippen LogP contribution in [0.15, 0.2) is 18.2 Å². The second-order valence-corrected chi connectivity index (χ2v) is 6.11. The quantitative estimate of drug-likeness (QED) is 0.892. The van der Waals surface area contributed by atoms with Gasteiger partial charge in [0, 0.05) is 30.8 Å². The zero-order valence-electron chi connectivity index (χ0n) is 11.7. The maximum atomic E-state index is 13.8. The van der Waals surface area contributed by atoms with Crippen molar-refractivity contribution < 1.29 is 8.78 Å². The maximum Gasteiger partial charge on any atom is 0.130 e. The van der Waals surface area contributed by atoms with Crippen LogP contribution in [-0.4, -0.2) is 30.6 Å². The first-order valence-corrected chi connectivity index (χ1v) is 7.61. The molecule has 1 unspecified atom stereocenters. The summed E-state index contributed by atoms with van der Waals surface area (Å²) < 4.78 is 26.8. The first-order chi connectivity index (χ1) is 9.72. The van der Waals surface area contributed by atoms with Crippen molar-refractivity contribution >= 4 is 0 Å². The summed E-state index contributed by atoms with van der Waals surface area (Å²) in [4.78, 5) is 2.38. The van der Waals surface area contributed by atoms with Gasteiger partial charge in [0.05, 0.1) is 0 Å². The number of halogens is 2. The lowest BCUT2D eigenvalue weighted by Crippen LogP contribution is -2.39. The summed E-state index contributed by atoms with van der Waals surface area (Å²) in [5.74, 6) is -0.258. The highest BCUT2D eigenvalue weighted by atomic mass is 19.1. The predicted octanol–water partition coefficient (Wildman–Crippen LogP) is 2.93. The third kappa shape index (κ3) is 3.55. The zero-order valence-corrected chi connectivity index (χ0v) is 11.7. The Labute approximate surface area is 119 Å². The Morgan fingerprint density at radius 3 is 2.70 bits per heavy atom. The van der Waals surface area contributed by atoms with Gasteiger partial charge in [-0.1, -0.05) is 6.07 Å². The molecule has 0 radical (unpaired) electrons. The number of nitrogens with one attached hydrogen (secondary N) is 1. The smallest absolute Gasteiger partial charge is 0.130 e. The van der Waals surface area contributed by atoms with Crippen molar-refractivity contribution in [1.82, 2.24) is 10.2 Å². The Hall–Kier alpha value is -1.00. The van der Waals surface area contributed by atoms with Crippen molar-refractivity contribution in [3.05, 3.63) is 35.4 Å². The van der Waals surface area contributed by atoms with Gasteiger partial charge in [0.25, 0.3) is 0 Å². The van der Waals surface area contributed by atoms with E-state index in [2.05, 4.69) is 10.2 Å². The van der Waals surface area contributed by atoms with Crippen LogP contribution in [0, 0.1) is 17.6 Å². The highest BCUT2D eigenvalue weighted by molar-refractivity contribution is 5.18. The molecule has 0 aromatic heterocycles. The van der Waals surface area contributed by atoms with E-state index >= 15 is 0 Å². The minimum atomic E-state index is -0.499. The molecule has 0 amide bonds. The van der Waals surface area contributed by atoms with E-state index in [1.807, 2.05) is 0 Å². The van der Waals surface area contributed by atoms with E-state index in [0.29, 0.717) is 24.1 Å². The van der Waals surface area contributed by atoms with Crippen molar-refractivity contribution in [3.8, 4) is 0 Å². The van der Waals surface area contributed by atoms with Crippen LogP contribution in [0.1, 0.15) is 31.2 Å². The van der Waals surface area contributed by atoms with Gasteiger partial charge in [0.2, 0.25) is 0 Å². The SMILES string of the molecule is Fc1ccc(CN(CC2CCCNC2)C2CC2)c(F)c1. The summed E-state index contributed by atoms with van der Waals surface area (Å²) in [6.45, 7) is 3.81. The molecule has 1 aliphatic heterocycles. The molecule has 0 spiro atoms. The van der Waals surface area contributed by atoms with Crippen LogP contribution >= 0.6 is 0 Å². The number of benzene rings is 1. The molecule has 2 nitrogen and oxygen atoms in total. The van der Waals surface area contributed by atoms with Crippen molar-refractivity contribution in [3.63, 3.8) is 0 Å². The van der Waals surface area contributed by atoms with E-state index in [-0.39, 0.29) is 0 Å². The van der Waals surface area contributed by atoms with Crippen LogP contribution in [-0.2, 0) is 6.54 Å². The number of nitrogens with zero attached hydrogens (tertiary/aromatic N) is 1. The molecule has 0 bridgehead atoms. The highest BCUT2D eigenvalue weighted by Crippen LogP contribution is 2.30. The molecule has 20 heavy (non-hydrogen) atoms. The lowest BCUT2D eigenvalue weighted by Gasteiger charge is -2.30. The second-order valence-electron chi connectivity index (χ2n) is 6.11. The minimum absolute atomic E-state index is 0.419. The average Bonchev–Trinajstić information content (AvgIpc) is 3.26. The minimum Gasteiger partial charge on any atom is -0.316 e.